The number of H-pyrrole nitrogens is 1. The van der Waals surface area contributed by atoms with Gasteiger partial charge in [-0.1, -0.05) is 5.21 Å². The van der Waals surface area contributed by atoms with E-state index >= 15 is 0 Å². The van der Waals surface area contributed by atoms with Crippen molar-refractivity contribution in [1.29, 1.82) is 0 Å². The maximum atomic E-state index is 11.8. The molecule has 0 saturated heterocycles. The normalized spacial score (nSPS) is 11.9. The van der Waals surface area contributed by atoms with Gasteiger partial charge in [-0.2, -0.15) is 5.21 Å². The van der Waals surface area contributed by atoms with E-state index in [0.29, 0.717) is 23.8 Å². The van der Waals surface area contributed by atoms with Crippen LogP contribution in [-0.4, -0.2) is 38.2 Å². The standard InChI is InChI=1S/C11H14N6O2/c1-3-19-11(18)8-5-4-6-12-10(8)13-7(2)9-14-16-17-15-9/h4-7H,3H2,1-2H3,(H,12,13)(H,14,15,16,17). The van der Waals surface area contributed by atoms with Gasteiger partial charge < -0.3 is 10.1 Å². The topological polar surface area (TPSA) is 106 Å². The number of esters is 1. The zero-order valence-corrected chi connectivity index (χ0v) is 10.6. The number of tetrazole rings is 1. The monoisotopic (exact) mass is 262 g/mol. The second kappa shape index (κ2) is 5.89. The smallest absolute Gasteiger partial charge is 0.341 e. The van der Waals surface area contributed by atoms with Gasteiger partial charge in [-0.25, -0.2) is 9.78 Å². The molecule has 2 N–H and O–H groups in total. The largest absolute Gasteiger partial charge is 0.462 e. The van der Waals surface area contributed by atoms with Crippen molar-refractivity contribution < 1.29 is 9.53 Å². The lowest BCUT2D eigenvalue weighted by Crippen LogP contribution is -2.14. The molecule has 8 heteroatoms. The van der Waals surface area contributed by atoms with Gasteiger partial charge in [0, 0.05) is 6.20 Å². The van der Waals surface area contributed by atoms with Gasteiger partial charge in [0.2, 0.25) is 0 Å². The molecule has 0 fully saturated rings. The highest BCUT2D eigenvalue weighted by molar-refractivity contribution is 5.94. The Labute approximate surface area is 109 Å². The first-order valence-electron chi connectivity index (χ1n) is 5.84. The lowest BCUT2D eigenvalue weighted by atomic mass is 10.2. The molecule has 8 nitrogen and oxygen atoms in total. The van der Waals surface area contributed by atoms with Crippen LogP contribution in [0.15, 0.2) is 18.3 Å². The molecule has 2 aromatic heterocycles. The van der Waals surface area contributed by atoms with Gasteiger partial charge in [-0.05, 0) is 26.0 Å². The van der Waals surface area contributed by atoms with Crippen LogP contribution in [-0.2, 0) is 4.74 Å². The number of carbonyl (C=O) groups excluding carboxylic acids is 1. The second-order valence-electron chi connectivity index (χ2n) is 3.76. The predicted molar refractivity (Wildman–Crippen MR) is 66.4 cm³/mol. The van der Waals surface area contributed by atoms with E-state index in [9.17, 15) is 4.79 Å². The number of aromatic amines is 1. The number of pyridine rings is 1. The minimum atomic E-state index is -0.418. The summed E-state index contributed by atoms with van der Waals surface area (Å²) in [5, 5.41) is 16.6. The van der Waals surface area contributed by atoms with E-state index in [-0.39, 0.29) is 6.04 Å². The molecule has 0 amide bonds. The predicted octanol–water partition coefficient (Wildman–Crippen LogP) is 0.944. The summed E-state index contributed by atoms with van der Waals surface area (Å²) in [6.07, 6.45) is 1.59. The van der Waals surface area contributed by atoms with Gasteiger partial charge in [0.1, 0.15) is 11.4 Å². The zero-order valence-electron chi connectivity index (χ0n) is 10.6. The van der Waals surface area contributed by atoms with Crippen molar-refractivity contribution in [3.63, 3.8) is 0 Å². The van der Waals surface area contributed by atoms with Gasteiger partial charge in [0.15, 0.2) is 5.82 Å². The Kier molecular flexibility index (Phi) is 4.01. The van der Waals surface area contributed by atoms with Crippen molar-refractivity contribution in [2.75, 3.05) is 11.9 Å². The molecular weight excluding hydrogens is 248 g/mol. The fourth-order valence-corrected chi connectivity index (χ4v) is 1.52. The van der Waals surface area contributed by atoms with E-state index in [1.54, 1.807) is 25.3 Å². The van der Waals surface area contributed by atoms with Crippen molar-refractivity contribution >= 4 is 11.8 Å². The van der Waals surface area contributed by atoms with Crippen LogP contribution in [0.1, 0.15) is 36.1 Å². The van der Waals surface area contributed by atoms with Crippen LogP contribution in [0, 0.1) is 0 Å². The van der Waals surface area contributed by atoms with E-state index in [1.165, 1.54) is 0 Å². The van der Waals surface area contributed by atoms with Gasteiger partial charge in [-0.3, -0.25) is 0 Å². The van der Waals surface area contributed by atoms with Crippen LogP contribution in [0.2, 0.25) is 0 Å². The highest BCUT2D eigenvalue weighted by Gasteiger charge is 2.17. The SMILES string of the molecule is CCOC(=O)c1cccnc1NC(C)c1nn[nH]n1. The van der Waals surface area contributed by atoms with Crippen molar-refractivity contribution in [3.8, 4) is 0 Å². The fourth-order valence-electron chi connectivity index (χ4n) is 1.52. The summed E-state index contributed by atoms with van der Waals surface area (Å²) in [5.74, 6) is 0.497. The van der Waals surface area contributed by atoms with Crippen LogP contribution in [0.5, 0.6) is 0 Å². The molecule has 2 rings (SSSR count). The van der Waals surface area contributed by atoms with Crippen molar-refractivity contribution in [2.45, 2.75) is 19.9 Å². The Bertz CT molecular complexity index is 542. The van der Waals surface area contributed by atoms with E-state index in [1.807, 2.05) is 6.92 Å². The number of hydrogen-bond donors (Lipinski definition) is 2. The summed E-state index contributed by atoms with van der Waals surface area (Å²) in [6, 6.07) is 3.09. The van der Waals surface area contributed by atoms with Crippen LogP contribution in [0.4, 0.5) is 5.82 Å². The molecular formula is C11H14N6O2. The first-order valence-corrected chi connectivity index (χ1v) is 5.84. The molecule has 0 aliphatic rings. The molecule has 2 aromatic rings. The Balaban J connectivity index is 2.18. The molecule has 0 bridgehead atoms. The number of nitrogens with one attached hydrogen (secondary N) is 2. The quantitative estimate of drug-likeness (QED) is 0.772. The lowest BCUT2D eigenvalue weighted by molar-refractivity contribution is 0.0527. The minimum Gasteiger partial charge on any atom is -0.462 e. The zero-order chi connectivity index (χ0) is 13.7. The van der Waals surface area contributed by atoms with E-state index in [2.05, 4.69) is 30.9 Å². The average molecular weight is 262 g/mol. The summed E-state index contributed by atoms with van der Waals surface area (Å²) in [5.41, 5.74) is 0.375. The van der Waals surface area contributed by atoms with Gasteiger partial charge >= 0.3 is 5.97 Å². The summed E-state index contributed by atoms with van der Waals surface area (Å²) >= 11 is 0. The number of hydrogen-bond acceptors (Lipinski definition) is 7. The highest BCUT2D eigenvalue weighted by atomic mass is 16.5. The second-order valence-corrected chi connectivity index (χ2v) is 3.76. The van der Waals surface area contributed by atoms with Crippen molar-refractivity contribution in [1.82, 2.24) is 25.6 Å². The third kappa shape index (κ3) is 3.03. The first kappa shape index (κ1) is 12.9. The molecule has 1 unspecified atom stereocenters. The summed E-state index contributed by atoms with van der Waals surface area (Å²) in [4.78, 5) is 15.9. The molecule has 19 heavy (non-hydrogen) atoms. The number of rotatable bonds is 5. The molecule has 0 aliphatic carbocycles. The molecule has 0 saturated carbocycles. The van der Waals surface area contributed by atoms with Crippen molar-refractivity contribution in [2.24, 2.45) is 0 Å². The molecule has 0 aromatic carbocycles. The van der Waals surface area contributed by atoms with E-state index < -0.39 is 5.97 Å². The third-order valence-electron chi connectivity index (χ3n) is 2.41. The molecule has 2 heterocycles. The molecule has 1 atom stereocenters. The van der Waals surface area contributed by atoms with Gasteiger partial charge in [0.05, 0.1) is 12.6 Å². The Hall–Kier alpha value is -2.51. The minimum absolute atomic E-state index is 0.234. The average Bonchev–Trinajstić information content (AvgIpc) is 2.93. The van der Waals surface area contributed by atoms with Crippen LogP contribution in [0.25, 0.3) is 0 Å². The van der Waals surface area contributed by atoms with E-state index in [4.69, 9.17) is 4.74 Å². The van der Waals surface area contributed by atoms with Crippen LogP contribution < -0.4 is 5.32 Å². The summed E-state index contributed by atoms with van der Waals surface area (Å²) < 4.78 is 4.97. The maximum absolute atomic E-state index is 11.8. The first-order chi connectivity index (χ1) is 9.22. The Morgan fingerprint density at radius 3 is 3.11 bits per heavy atom. The van der Waals surface area contributed by atoms with Gasteiger partial charge in [-0.15, -0.1) is 10.2 Å². The number of ether oxygens (including phenoxy) is 1. The number of aromatic nitrogens is 5. The fraction of sp³-hybridized carbons (Fsp3) is 0.364. The van der Waals surface area contributed by atoms with E-state index in [0.717, 1.165) is 0 Å². The summed E-state index contributed by atoms with van der Waals surface area (Å²) in [7, 11) is 0. The van der Waals surface area contributed by atoms with Crippen LogP contribution >= 0.6 is 0 Å². The maximum Gasteiger partial charge on any atom is 0.341 e. The number of nitrogens with zero attached hydrogens (tertiary/aromatic N) is 4. The third-order valence-corrected chi connectivity index (χ3v) is 2.41. The molecule has 0 radical (unpaired) electrons. The molecule has 0 spiro atoms. The molecule has 0 aliphatic heterocycles. The lowest BCUT2D eigenvalue weighted by Gasteiger charge is -2.13. The Morgan fingerprint density at radius 2 is 2.42 bits per heavy atom. The number of anilines is 1. The van der Waals surface area contributed by atoms with Crippen molar-refractivity contribution in [3.05, 3.63) is 29.7 Å². The molecule has 100 valence electrons. The summed E-state index contributed by atoms with van der Waals surface area (Å²) in [6.45, 7) is 3.91. The number of carbonyl (C=O) groups is 1. The van der Waals surface area contributed by atoms with Crippen LogP contribution in [0.3, 0.4) is 0 Å². The Morgan fingerprint density at radius 1 is 1.58 bits per heavy atom. The van der Waals surface area contributed by atoms with Gasteiger partial charge in [0.25, 0.3) is 0 Å². The highest BCUT2D eigenvalue weighted by Crippen LogP contribution is 2.18.